The normalized spacial score (nSPS) is 12.0. The standard InChI is InChI=1S/C46H44N2/c1-45(2,3)33-27-29-39-41(31-33)43(47(35-19-11-7-12-20-35)36-21-13-8-14-22-36)40-30-28-34(46(4,5)6)32-42(40)44(39)48(37-23-15-9-16-24-37)38-25-17-10-18-26-38/h7-32H,1-6H3. The minimum Gasteiger partial charge on any atom is -0.309 e. The number of nitrogens with zero attached hydrogens (tertiary/aromatic N) is 2. The Morgan fingerprint density at radius 1 is 0.312 bits per heavy atom. The molecular weight excluding hydrogens is 581 g/mol. The Labute approximate surface area is 285 Å². The molecule has 0 unspecified atom stereocenters. The van der Waals surface area contributed by atoms with Crippen molar-refractivity contribution in [2.45, 2.75) is 52.4 Å². The van der Waals surface area contributed by atoms with Gasteiger partial charge >= 0.3 is 0 Å². The van der Waals surface area contributed by atoms with Gasteiger partial charge in [-0.25, -0.2) is 0 Å². The van der Waals surface area contributed by atoms with Crippen LogP contribution in [0.4, 0.5) is 34.1 Å². The topological polar surface area (TPSA) is 6.48 Å². The van der Waals surface area contributed by atoms with Crippen molar-refractivity contribution < 1.29 is 0 Å². The first kappa shape index (κ1) is 31.3. The molecule has 0 radical (unpaired) electrons. The molecule has 0 N–H and O–H groups in total. The van der Waals surface area contributed by atoms with Crippen molar-refractivity contribution in [1.29, 1.82) is 0 Å². The number of hydrogen-bond donors (Lipinski definition) is 0. The van der Waals surface area contributed by atoms with Gasteiger partial charge in [-0.05, 0) is 82.6 Å². The zero-order chi connectivity index (χ0) is 33.5. The second-order valence-electron chi connectivity index (χ2n) is 14.7. The van der Waals surface area contributed by atoms with E-state index in [1.165, 1.54) is 44.0 Å². The van der Waals surface area contributed by atoms with Gasteiger partial charge in [-0.2, -0.15) is 0 Å². The van der Waals surface area contributed by atoms with Crippen molar-refractivity contribution in [3.63, 3.8) is 0 Å². The van der Waals surface area contributed by atoms with E-state index >= 15 is 0 Å². The van der Waals surface area contributed by atoms with E-state index in [0.29, 0.717) is 0 Å². The fourth-order valence-electron chi connectivity index (χ4n) is 6.72. The maximum Gasteiger partial charge on any atom is 0.0620 e. The molecule has 2 heteroatoms. The van der Waals surface area contributed by atoms with Crippen LogP contribution in [0.15, 0.2) is 158 Å². The minimum atomic E-state index is -0.0282. The zero-order valence-corrected chi connectivity index (χ0v) is 28.9. The van der Waals surface area contributed by atoms with Gasteiger partial charge in [0, 0.05) is 44.3 Å². The lowest BCUT2D eigenvalue weighted by Crippen LogP contribution is -2.16. The maximum absolute atomic E-state index is 2.45. The summed E-state index contributed by atoms with van der Waals surface area (Å²) in [6, 6.07) is 57.5. The molecule has 0 amide bonds. The quantitative estimate of drug-likeness (QED) is 0.134. The smallest absolute Gasteiger partial charge is 0.0620 e. The molecule has 48 heavy (non-hydrogen) atoms. The molecular formula is C46H44N2. The highest BCUT2D eigenvalue weighted by molar-refractivity contribution is 6.23. The Kier molecular flexibility index (Phi) is 8.05. The molecule has 2 nitrogen and oxygen atoms in total. The molecule has 0 fully saturated rings. The number of anilines is 6. The van der Waals surface area contributed by atoms with Crippen molar-refractivity contribution >= 4 is 55.7 Å². The number of para-hydroxylation sites is 4. The van der Waals surface area contributed by atoms with Gasteiger partial charge in [-0.1, -0.05) is 139 Å². The third-order valence-electron chi connectivity index (χ3n) is 9.30. The molecule has 238 valence electrons. The highest BCUT2D eigenvalue weighted by Crippen LogP contribution is 2.52. The molecule has 0 heterocycles. The molecule has 0 aromatic heterocycles. The molecule has 0 saturated carbocycles. The number of hydrogen-bond acceptors (Lipinski definition) is 2. The van der Waals surface area contributed by atoms with Gasteiger partial charge in [0.15, 0.2) is 0 Å². The van der Waals surface area contributed by atoms with Gasteiger partial charge in [-0.15, -0.1) is 0 Å². The van der Waals surface area contributed by atoms with Gasteiger partial charge < -0.3 is 9.80 Å². The second-order valence-corrected chi connectivity index (χ2v) is 14.7. The van der Waals surface area contributed by atoms with Crippen LogP contribution in [-0.2, 0) is 10.8 Å². The summed E-state index contributed by atoms with van der Waals surface area (Å²) < 4.78 is 0. The van der Waals surface area contributed by atoms with Crippen molar-refractivity contribution in [1.82, 2.24) is 0 Å². The lowest BCUT2D eigenvalue weighted by Gasteiger charge is -2.34. The first-order chi connectivity index (χ1) is 23.1. The first-order valence-electron chi connectivity index (χ1n) is 17.0. The van der Waals surface area contributed by atoms with E-state index < -0.39 is 0 Å². The molecule has 0 atom stereocenters. The molecule has 0 aliphatic rings. The maximum atomic E-state index is 2.45. The van der Waals surface area contributed by atoms with E-state index in [1.54, 1.807) is 0 Å². The van der Waals surface area contributed by atoms with Crippen molar-refractivity contribution in [2.75, 3.05) is 9.80 Å². The fraction of sp³-hybridized carbons (Fsp3) is 0.174. The van der Waals surface area contributed by atoms with Gasteiger partial charge in [0.1, 0.15) is 0 Å². The molecule has 0 saturated heterocycles. The van der Waals surface area contributed by atoms with Crippen LogP contribution in [-0.4, -0.2) is 0 Å². The largest absolute Gasteiger partial charge is 0.309 e. The number of rotatable bonds is 6. The zero-order valence-electron chi connectivity index (χ0n) is 28.9. The van der Waals surface area contributed by atoms with Gasteiger partial charge in [0.05, 0.1) is 11.4 Å². The summed E-state index contributed by atoms with van der Waals surface area (Å²) in [5.74, 6) is 0. The van der Waals surface area contributed by atoms with Crippen LogP contribution in [0.1, 0.15) is 52.7 Å². The minimum absolute atomic E-state index is 0.0282. The summed E-state index contributed by atoms with van der Waals surface area (Å²) in [7, 11) is 0. The molecule has 0 spiro atoms. The Morgan fingerprint density at radius 2 is 0.583 bits per heavy atom. The fourth-order valence-corrected chi connectivity index (χ4v) is 6.72. The van der Waals surface area contributed by atoms with Crippen LogP contribution < -0.4 is 9.80 Å². The monoisotopic (exact) mass is 624 g/mol. The third kappa shape index (κ3) is 5.84. The summed E-state index contributed by atoms with van der Waals surface area (Å²) in [5, 5.41) is 4.86. The molecule has 7 aromatic rings. The van der Waals surface area contributed by atoms with E-state index in [-0.39, 0.29) is 10.8 Å². The van der Waals surface area contributed by atoms with Crippen LogP contribution in [0.3, 0.4) is 0 Å². The number of benzene rings is 7. The SMILES string of the molecule is CC(C)(C)c1ccc2c(N(c3ccccc3)c3ccccc3)c3cc(C(C)(C)C)ccc3c(N(c3ccccc3)c3ccccc3)c2c1. The Morgan fingerprint density at radius 3 is 0.833 bits per heavy atom. The lowest BCUT2D eigenvalue weighted by molar-refractivity contribution is 0.590. The van der Waals surface area contributed by atoms with E-state index in [9.17, 15) is 0 Å². The predicted molar refractivity (Wildman–Crippen MR) is 208 cm³/mol. The van der Waals surface area contributed by atoms with E-state index in [1.807, 2.05) is 0 Å². The van der Waals surface area contributed by atoms with Crippen LogP contribution in [0, 0.1) is 0 Å². The molecule has 0 bridgehead atoms. The molecule has 0 aliphatic carbocycles. The third-order valence-corrected chi connectivity index (χ3v) is 9.30. The van der Waals surface area contributed by atoms with E-state index in [0.717, 1.165) is 22.7 Å². The summed E-state index contributed by atoms with van der Waals surface area (Å²) in [6.45, 7) is 13.8. The van der Waals surface area contributed by atoms with Crippen LogP contribution in [0.2, 0.25) is 0 Å². The lowest BCUT2D eigenvalue weighted by atomic mass is 9.82. The van der Waals surface area contributed by atoms with Crippen LogP contribution in [0.25, 0.3) is 21.5 Å². The average molecular weight is 625 g/mol. The van der Waals surface area contributed by atoms with E-state index in [2.05, 4.69) is 209 Å². The summed E-state index contributed by atoms with van der Waals surface area (Å²) in [5.41, 5.74) is 9.44. The number of fused-ring (bicyclic) bond motifs is 2. The van der Waals surface area contributed by atoms with Crippen LogP contribution in [0.5, 0.6) is 0 Å². The second kappa shape index (κ2) is 12.4. The summed E-state index contributed by atoms with van der Waals surface area (Å²) in [6.07, 6.45) is 0. The Balaban J connectivity index is 1.72. The van der Waals surface area contributed by atoms with Crippen molar-refractivity contribution in [2.24, 2.45) is 0 Å². The van der Waals surface area contributed by atoms with Gasteiger partial charge in [0.25, 0.3) is 0 Å². The summed E-state index contributed by atoms with van der Waals surface area (Å²) >= 11 is 0. The van der Waals surface area contributed by atoms with Crippen LogP contribution >= 0.6 is 0 Å². The summed E-state index contributed by atoms with van der Waals surface area (Å²) in [4.78, 5) is 4.90. The van der Waals surface area contributed by atoms with Crippen molar-refractivity contribution in [3.8, 4) is 0 Å². The predicted octanol–water partition coefficient (Wildman–Crippen LogP) is 13.5. The van der Waals surface area contributed by atoms with Gasteiger partial charge in [-0.3, -0.25) is 0 Å². The van der Waals surface area contributed by atoms with Gasteiger partial charge in [0.2, 0.25) is 0 Å². The van der Waals surface area contributed by atoms with Crippen molar-refractivity contribution in [3.05, 3.63) is 169 Å². The molecule has 0 aliphatic heterocycles. The van der Waals surface area contributed by atoms with E-state index in [4.69, 9.17) is 0 Å². The Bertz CT molecular complexity index is 1930. The highest BCUT2D eigenvalue weighted by Gasteiger charge is 2.28. The Hall–Kier alpha value is -5.34. The first-order valence-corrected chi connectivity index (χ1v) is 17.0. The average Bonchev–Trinajstić information content (AvgIpc) is 3.10. The highest BCUT2D eigenvalue weighted by atomic mass is 15.2. The molecule has 7 aromatic carbocycles. The molecule has 7 rings (SSSR count).